The number of nitrogens with zero attached hydrogens (tertiary/aromatic N) is 3. The highest BCUT2D eigenvalue weighted by Crippen LogP contribution is 2.27. The lowest BCUT2D eigenvalue weighted by atomic mass is 10.1. The summed E-state index contributed by atoms with van der Waals surface area (Å²) in [6, 6.07) is 12.9. The summed E-state index contributed by atoms with van der Waals surface area (Å²) in [6.45, 7) is 2.91. The van der Waals surface area contributed by atoms with Crippen LogP contribution < -0.4 is 5.32 Å². The van der Waals surface area contributed by atoms with Crippen LogP contribution in [0.15, 0.2) is 42.5 Å². The number of benzene rings is 2. The summed E-state index contributed by atoms with van der Waals surface area (Å²) in [6.07, 6.45) is 4.49. The van der Waals surface area contributed by atoms with Gasteiger partial charge in [-0.2, -0.15) is 0 Å². The molecule has 3 aromatic rings. The number of fused-ring (bicyclic) bond motifs is 1. The van der Waals surface area contributed by atoms with Crippen LogP contribution in [0.25, 0.3) is 11.4 Å². The molecule has 6 heteroatoms. The molecule has 1 aliphatic rings. The molecule has 1 aromatic heterocycles. The van der Waals surface area contributed by atoms with Crippen LogP contribution in [0, 0.1) is 6.92 Å². The second-order valence-electron chi connectivity index (χ2n) is 6.90. The number of carbonyl (C=O) groups excluding carboxylic acids is 1. The van der Waals surface area contributed by atoms with Gasteiger partial charge in [0.25, 0.3) is 5.91 Å². The van der Waals surface area contributed by atoms with E-state index in [4.69, 9.17) is 11.6 Å². The van der Waals surface area contributed by atoms with E-state index in [1.54, 1.807) is 24.3 Å². The van der Waals surface area contributed by atoms with Crippen molar-refractivity contribution >= 4 is 23.2 Å². The summed E-state index contributed by atoms with van der Waals surface area (Å²) in [5, 5.41) is 12.3. The maximum Gasteiger partial charge on any atom is 0.255 e. The molecule has 0 unspecified atom stereocenters. The molecule has 4 rings (SSSR count). The van der Waals surface area contributed by atoms with Gasteiger partial charge in [0, 0.05) is 34.8 Å². The first-order valence-electron chi connectivity index (χ1n) is 9.22. The Balaban J connectivity index is 1.64. The van der Waals surface area contributed by atoms with Gasteiger partial charge in [0.05, 0.1) is 0 Å². The Hall–Kier alpha value is -2.66. The predicted molar refractivity (Wildman–Crippen MR) is 107 cm³/mol. The van der Waals surface area contributed by atoms with E-state index >= 15 is 0 Å². The molecule has 1 N–H and O–H groups in total. The van der Waals surface area contributed by atoms with Gasteiger partial charge >= 0.3 is 0 Å². The molecule has 0 radical (unpaired) electrons. The minimum absolute atomic E-state index is 0.183. The van der Waals surface area contributed by atoms with Gasteiger partial charge in [-0.25, -0.2) is 0 Å². The highest BCUT2D eigenvalue weighted by molar-refractivity contribution is 6.31. The molecule has 5 nitrogen and oxygen atoms in total. The van der Waals surface area contributed by atoms with Gasteiger partial charge in [-0.15, -0.1) is 10.2 Å². The average molecular weight is 381 g/mol. The fourth-order valence-electron chi connectivity index (χ4n) is 3.42. The zero-order valence-corrected chi connectivity index (χ0v) is 16.0. The van der Waals surface area contributed by atoms with E-state index < -0.39 is 0 Å². The number of carbonyl (C=O) groups is 1. The summed E-state index contributed by atoms with van der Waals surface area (Å²) >= 11 is 6.00. The maximum atomic E-state index is 12.6. The van der Waals surface area contributed by atoms with Gasteiger partial charge < -0.3 is 9.88 Å². The molecule has 0 bridgehead atoms. The molecule has 0 aliphatic carbocycles. The molecule has 27 heavy (non-hydrogen) atoms. The number of anilines is 1. The van der Waals surface area contributed by atoms with Crippen molar-refractivity contribution in [1.29, 1.82) is 0 Å². The van der Waals surface area contributed by atoms with Gasteiger partial charge in [0.2, 0.25) is 0 Å². The fourth-order valence-corrected chi connectivity index (χ4v) is 3.61. The summed E-state index contributed by atoms with van der Waals surface area (Å²) < 4.78 is 2.21. The summed E-state index contributed by atoms with van der Waals surface area (Å²) in [7, 11) is 0. The van der Waals surface area contributed by atoms with Crippen molar-refractivity contribution in [2.75, 3.05) is 5.32 Å². The van der Waals surface area contributed by atoms with Crippen LogP contribution in [0.2, 0.25) is 5.02 Å². The van der Waals surface area contributed by atoms with Crippen LogP contribution in [0.3, 0.4) is 0 Å². The standard InChI is InChI=1S/C21H21ClN4O/c1-14-9-10-15(20-25-24-19-8-3-2-4-11-26(19)20)13-18(14)23-21(27)16-6-5-7-17(22)12-16/h5-7,9-10,12-13H,2-4,8,11H2,1H3,(H,23,27). The molecule has 1 aliphatic heterocycles. The lowest BCUT2D eigenvalue weighted by Gasteiger charge is -2.12. The van der Waals surface area contributed by atoms with Crippen LogP contribution in [0.5, 0.6) is 0 Å². The van der Waals surface area contributed by atoms with Gasteiger partial charge in [-0.1, -0.05) is 36.2 Å². The van der Waals surface area contributed by atoms with Gasteiger partial charge in [0.15, 0.2) is 5.82 Å². The first kappa shape index (κ1) is 17.7. The molecule has 0 spiro atoms. The van der Waals surface area contributed by atoms with E-state index in [0.29, 0.717) is 10.6 Å². The Morgan fingerprint density at radius 2 is 2.00 bits per heavy atom. The van der Waals surface area contributed by atoms with Crippen molar-refractivity contribution in [3.63, 3.8) is 0 Å². The van der Waals surface area contributed by atoms with E-state index in [1.165, 1.54) is 6.42 Å². The Morgan fingerprint density at radius 3 is 2.85 bits per heavy atom. The summed E-state index contributed by atoms with van der Waals surface area (Å²) in [5.41, 5.74) is 3.25. The Labute approximate surface area is 163 Å². The number of nitrogens with one attached hydrogen (secondary N) is 1. The van der Waals surface area contributed by atoms with E-state index in [2.05, 4.69) is 20.1 Å². The van der Waals surface area contributed by atoms with Crippen LogP contribution in [0.4, 0.5) is 5.69 Å². The van der Waals surface area contributed by atoms with Crippen molar-refractivity contribution in [2.24, 2.45) is 0 Å². The zero-order valence-electron chi connectivity index (χ0n) is 15.2. The summed E-state index contributed by atoms with van der Waals surface area (Å²) in [5.74, 6) is 1.73. The van der Waals surface area contributed by atoms with E-state index in [1.807, 2.05) is 25.1 Å². The minimum atomic E-state index is -0.183. The Bertz CT molecular complexity index is 996. The number of rotatable bonds is 3. The number of hydrogen-bond acceptors (Lipinski definition) is 3. The van der Waals surface area contributed by atoms with E-state index in [-0.39, 0.29) is 5.91 Å². The number of amides is 1. The quantitative estimate of drug-likeness (QED) is 0.704. The molecule has 1 amide bonds. The van der Waals surface area contributed by atoms with Crippen LogP contribution in [0.1, 0.15) is 41.0 Å². The third-order valence-corrected chi connectivity index (χ3v) is 5.18. The number of aromatic nitrogens is 3. The molecule has 138 valence electrons. The van der Waals surface area contributed by atoms with E-state index in [9.17, 15) is 4.79 Å². The third kappa shape index (κ3) is 3.74. The van der Waals surface area contributed by atoms with Crippen molar-refractivity contribution in [3.05, 3.63) is 64.4 Å². The maximum absolute atomic E-state index is 12.6. The lowest BCUT2D eigenvalue weighted by Crippen LogP contribution is -2.13. The van der Waals surface area contributed by atoms with Crippen LogP contribution in [-0.4, -0.2) is 20.7 Å². The van der Waals surface area contributed by atoms with Crippen molar-refractivity contribution in [3.8, 4) is 11.4 Å². The second kappa shape index (κ2) is 7.53. The molecule has 0 saturated carbocycles. The molecule has 0 atom stereocenters. The predicted octanol–water partition coefficient (Wildman–Crippen LogP) is 4.89. The largest absolute Gasteiger partial charge is 0.322 e. The Kier molecular flexibility index (Phi) is 4.94. The SMILES string of the molecule is Cc1ccc(-c2nnc3n2CCCCC3)cc1NC(=O)c1cccc(Cl)c1. The van der Waals surface area contributed by atoms with Crippen molar-refractivity contribution in [1.82, 2.24) is 14.8 Å². The van der Waals surface area contributed by atoms with Gasteiger partial charge in [-0.05, 0) is 49.6 Å². The highest BCUT2D eigenvalue weighted by atomic mass is 35.5. The monoisotopic (exact) mass is 380 g/mol. The topological polar surface area (TPSA) is 59.8 Å². The number of aryl methyl sites for hydroxylation is 2. The highest BCUT2D eigenvalue weighted by Gasteiger charge is 2.17. The van der Waals surface area contributed by atoms with Gasteiger partial charge in [0.1, 0.15) is 5.82 Å². The van der Waals surface area contributed by atoms with Crippen LogP contribution in [-0.2, 0) is 13.0 Å². The van der Waals surface area contributed by atoms with Crippen molar-refractivity contribution in [2.45, 2.75) is 39.2 Å². The van der Waals surface area contributed by atoms with Gasteiger partial charge in [-0.3, -0.25) is 4.79 Å². The average Bonchev–Trinajstić information content (AvgIpc) is 2.91. The molecular weight excluding hydrogens is 360 g/mol. The normalized spacial score (nSPS) is 13.7. The number of halogens is 1. The summed E-state index contributed by atoms with van der Waals surface area (Å²) in [4.78, 5) is 12.6. The number of hydrogen-bond donors (Lipinski definition) is 1. The molecule has 0 saturated heterocycles. The Morgan fingerprint density at radius 1 is 1.11 bits per heavy atom. The smallest absolute Gasteiger partial charge is 0.255 e. The minimum Gasteiger partial charge on any atom is -0.322 e. The fraction of sp³-hybridized carbons (Fsp3) is 0.286. The first-order chi connectivity index (χ1) is 13.1. The lowest BCUT2D eigenvalue weighted by molar-refractivity contribution is 0.102. The second-order valence-corrected chi connectivity index (χ2v) is 7.33. The third-order valence-electron chi connectivity index (χ3n) is 4.94. The molecule has 2 heterocycles. The zero-order chi connectivity index (χ0) is 18.8. The first-order valence-corrected chi connectivity index (χ1v) is 9.59. The molecule has 2 aromatic carbocycles. The molecular formula is C21H21ClN4O. The molecule has 0 fully saturated rings. The van der Waals surface area contributed by atoms with Crippen LogP contribution >= 0.6 is 11.6 Å². The van der Waals surface area contributed by atoms with Crippen molar-refractivity contribution < 1.29 is 4.79 Å². The van der Waals surface area contributed by atoms with E-state index in [0.717, 1.165) is 54.3 Å².